The van der Waals surface area contributed by atoms with Crippen molar-refractivity contribution in [3.8, 4) is 22.8 Å². The van der Waals surface area contributed by atoms with E-state index in [0.717, 1.165) is 28.3 Å². The number of fused-ring (bicyclic) bond motifs is 1. The van der Waals surface area contributed by atoms with Crippen LogP contribution in [0.25, 0.3) is 11.3 Å². The van der Waals surface area contributed by atoms with Gasteiger partial charge in [-0.1, -0.05) is 0 Å². The predicted molar refractivity (Wildman–Crippen MR) is 67.6 cm³/mol. The number of rotatable bonds is 1. The third kappa shape index (κ3) is 1.73. The normalized spacial score (nSPS) is 13.4. The molecule has 1 aromatic heterocycles. The zero-order valence-corrected chi connectivity index (χ0v) is 10.0. The van der Waals surface area contributed by atoms with Gasteiger partial charge in [-0.25, -0.2) is 9.97 Å². The van der Waals surface area contributed by atoms with Crippen LogP contribution in [0.5, 0.6) is 11.5 Å². The fourth-order valence-corrected chi connectivity index (χ4v) is 1.95. The van der Waals surface area contributed by atoms with Crippen LogP contribution in [-0.4, -0.2) is 23.2 Å². The molecular weight excluding hydrogens is 230 g/mol. The van der Waals surface area contributed by atoms with Crippen molar-refractivity contribution in [2.45, 2.75) is 6.92 Å². The number of ether oxygens (including phenoxy) is 2. The van der Waals surface area contributed by atoms with Gasteiger partial charge in [0.05, 0.1) is 5.69 Å². The van der Waals surface area contributed by atoms with Gasteiger partial charge in [-0.2, -0.15) is 0 Å². The summed E-state index contributed by atoms with van der Waals surface area (Å²) in [5, 5.41) is 0. The molecular formula is C13H13N3O2. The summed E-state index contributed by atoms with van der Waals surface area (Å²) >= 11 is 0. The molecule has 2 N–H and O–H groups in total. The Balaban J connectivity index is 2.09. The highest BCUT2D eigenvalue weighted by atomic mass is 16.6. The van der Waals surface area contributed by atoms with Crippen LogP contribution in [-0.2, 0) is 0 Å². The zero-order valence-electron chi connectivity index (χ0n) is 10.0. The summed E-state index contributed by atoms with van der Waals surface area (Å²) in [6.07, 6.45) is 1.47. The SMILES string of the molecule is Cc1c(N)ncnc1-c1ccc2c(c1)OCCO2. The molecule has 0 radical (unpaired) electrons. The molecule has 0 aliphatic carbocycles. The van der Waals surface area contributed by atoms with Gasteiger partial charge in [0.2, 0.25) is 0 Å². The molecule has 5 heteroatoms. The van der Waals surface area contributed by atoms with Gasteiger partial charge in [0, 0.05) is 11.1 Å². The van der Waals surface area contributed by atoms with E-state index in [0.29, 0.717) is 19.0 Å². The van der Waals surface area contributed by atoms with Crippen LogP contribution in [0.1, 0.15) is 5.56 Å². The van der Waals surface area contributed by atoms with Gasteiger partial charge in [-0.15, -0.1) is 0 Å². The van der Waals surface area contributed by atoms with Gasteiger partial charge in [0.25, 0.3) is 0 Å². The second-order valence-corrected chi connectivity index (χ2v) is 4.09. The lowest BCUT2D eigenvalue weighted by Gasteiger charge is -2.19. The minimum atomic E-state index is 0.495. The molecule has 92 valence electrons. The Bertz CT molecular complexity index is 599. The van der Waals surface area contributed by atoms with E-state index in [1.807, 2.05) is 25.1 Å². The summed E-state index contributed by atoms with van der Waals surface area (Å²) in [4.78, 5) is 8.23. The molecule has 0 saturated carbocycles. The quantitative estimate of drug-likeness (QED) is 0.827. The molecule has 2 aromatic rings. The lowest BCUT2D eigenvalue weighted by molar-refractivity contribution is 0.171. The van der Waals surface area contributed by atoms with Gasteiger partial charge in [0.15, 0.2) is 11.5 Å². The molecule has 0 spiro atoms. The van der Waals surface area contributed by atoms with Crippen LogP contribution in [0.3, 0.4) is 0 Å². The van der Waals surface area contributed by atoms with E-state index in [4.69, 9.17) is 15.2 Å². The average molecular weight is 243 g/mol. The number of nitrogen functional groups attached to an aromatic ring is 1. The number of anilines is 1. The van der Waals surface area contributed by atoms with Crippen molar-refractivity contribution in [3.05, 3.63) is 30.1 Å². The Morgan fingerprint density at radius 2 is 1.89 bits per heavy atom. The van der Waals surface area contributed by atoms with Crippen LogP contribution in [0.4, 0.5) is 5.82 Å². The van der Waals surface area contributed by atoms with Crippen molar-refractivity contribution in [2.75, 3.05) is 18.9 Å². The average Bonchev–Trinajstić information content (AvgIpc) is 2.41. The monoisotopic (exact) mass is 243 g/mol. The molecule has 1 aromatic carbocycles. The largest absolute Gasteiger partial charge is 0.486 e. The standard InChI is InChI=1S/C13H13N3O2/c1-8-12(15-7-16-13(8)14)9-2-3-10-11(6-9)18-5-4-17-10/h2-3,6-7H,4-5H2,1H3,(H2,14,15,16). The van der Waals surface area contributed by atoms with E-state index in [-0.39, 0.29) is 0 Å². The smallest absolute Gasteiger partial charge is 0.162 e. The molecule has 1 aliphatic heterocycles. The summed E-state index contributed by atoms with van der Waals surface area (Å²) in [5.74, 6) is 2.01. The number of nitrogens with two attached hydrogens (primary N) is 1. The predicted octanol–water partition coefficient (Wildman–Crippen LogP) is 1.81. The number of hydrogen-bond acceptors (Lipinski definition) is 5. The van der Waals surface area contributed by atoms with Gasteiger partial charge in [-0.05, 0) is 25.1 Å². The molecule has 1 aliphatic rings. The summed E-state index contributed by atoms with van der Waals surface area (Å²) in [6.45, 7) is 3.06. The fraction of sp³-hybridized carbons (Fsp3) is 0.231. The van der Waals surface area contributed by atoms with E-state index in [1.165, 1.54) is 6.33 Å². The maximum absolute atomic E-state index is 5.79. The maximum Gasteiger partial charge on any atom is 0.162 e. The van der Waals surface area contributed by atoms with Gasteiger partial charge in [0.1, 0.15) is 25.4 Å². The fourth-order valence-electron chi connectivity index (χ4n) is 1.95. The topological polar surface area (TPSA) is 70.3 Å². The Morgan fingerprint density at radius 3 is 2.72 bits per heavy atom. The number of aromatic nitrogens is 2. The molecule has 0 saturated heterocycles. The van der Waals surface area contributed by atoms with E-state index < -0.39 is 0 Å². The summed E-state index contributed by atoms with van der Waals surface area (Å²) in [5.41, 5.74) is 8.43. The van der Waals surface area contributed by atoms with Crippen LogP contribution >= 0.6 is 0 Å². The van der Waals surface area contributed by atoms with Gasteiger partial charge < -0.3 is 15.2 Å². The van der Waals surface area contributed by atoms with E-state index in [9.17, 15) is 0 Å². The molecule has 18 heavy (non-hydrogen) atoms. The molecule has 2 heterocycles. The molecule has 0 atom stereocenters. The zero-order chi connectivity index (χ0) is 12.5. The van der Waals surface area contributed by atoms with E-state index >= 15 is 0 Å². The Morgan fingerprint density at radius 1 is 1.11 bits per heavy atom. The van der Waals surface area contributed by atoms with Crippen molar-refractivity contribution < 1.29 is 9.47 Å². The Hall–Kier alpha value is -2.30. The van der Waals surface area contributed by atoms with Gasteiger partial charge in [-0.3, -0.25) is 0 Å². The number of nitrogens with zero attached hydrogens (tertiary/aromatic N) is 2. The first kappa shape index (κ1) is 10.8. The summed E-state index contributed by atoms with van der Waals surface area (Å²) < 4.78 is 11.0. The van der Waals surface area contributed by atoms with Crippen LogP contribution in [0.15, 0.2) is 24.5 Å². The molecule has 0 bridgehead atoms. The maximum atomic E-state index is 5.79. The first-order valence-corrected chi connectivity index (χ1v) is 5.73. The van der Waals surface area contributed by atoms with Crippen LogP contribution in [0.2, 0.25) is 0 Å². The van der Waals surface area contributed by atoms with Crippen molar-refractivity contribution in [2.24, 2.45) is 0 Å². The third-order valence-electron chi connectivity index (χ3n) is 2.94. The molecule has 3 rings (SSSR count). The third-order valence-corrected chi connectivity index (χ3v) is 2.94. The van der Waals surface area contributed by atoms with E-state index in [1.54, 1.807) is 0 Å². The minimum absolute atomic E-state index is 0.495. The van der Waals surface area contributed by atoms with Gasteiger partial charge >= 0.3 is 0 Å². The molecule has 0 amide bonds. The highest BCUT2D eigenvalue weighted by Gasteiger charge is 2.14. The highest BCUT2D eigenvalue weighted by molar-refractivity contribution is 5.69. The highest BCUT2D eigenvalue weighted by Crippen LogP contribution is 2.35. The first-order valence-electron chi connectivity index (χ1n) is 5.73. The molecule has 0 unspecified atom stereocenters. The number of hydrogen-bond donors (Lipinski definition) is 1. The second-order valence-electron chi connectivity index (χ2n) is 4.09. The lowest BCUT2D eigenvalue weighted by atomic mass is 10.1. The van der Waals surface area contributed by atoms with Crippen LogP contribution < -0.4 is 15.2 Å². The molecule has 0 fully saturated rings. The minimum Gasteiger partial charge on any atom is -0.486 e. The van der Waals surface area contributed by atoms with E-state index in [2.05, 4.69) is 9.97 Å². The number of benzene rings is 1. The van der Waals surface area contributed by atoms with Crippen molar-refractivity contribution in [1.29, 1.82) is 0 Å². The van der Waals surface area contributed by atoms with Crippen molar-refractivity contribution in [1.82, 2.24) is 9.97 Å². The summed E-state index contributed by atoms with van der Waals surface area (Å²) in [7, 11) is 0. The Kier molecular flexibility index (Phi) is 2.51. The second kappa shape index (κ2) is 4.18. The summed E-state index contributed by atoms with van der Waals surface area (Å²) in [6, 6.07) is 5.76. The van der Waals surface area contributed by atoms with Crippen molar-refractivity contribution >= 4 is 5.82 Å². The lowest BCUT2D eigenvalue weighted by Crippen LogP contribution is -2.15. The van der Waals surface area contributed by atoms with Crippen molar-refractivity contribution in [3.63, 3.8) is 0 Å². The Labute approximate surface area is 105 Å². The first-order chi connectivity index (χ1) is 8.75. The van der Waals surface area contributed by atoms with Crippen LogP contribution in [0, 0.1) is 6.92 Å². The molecule has 5 nitrogen and oxygen atoms in total.